The molecule has 0 saturated carbocycles. The second-order valence-corrected chi connectivity index (χ2v) is 3.42. The lowest BCUT2D eigenvalue weighted by Gasteiger charge is -2.00. The first-order valence-electron chi connectivity index (χ1n) is 3.12. The van der Waals surface area contributed by atoms with E-state index in [-0.39, 0.29) is 6.54 Å². The minimum Gasteiger partial charge on any atom is -0.312 e. The van der Waals surface area contributed by atoms with E-state index in [9.17, 15) is 0 Å². The zero-order chi connectivity index (χ0) is 9.14. The van der Waals surface area contributed by atoms with Gasteiger partial charge in [-0.25, -0.2) is 6.57 Å². The molecule has 0 heterocycles. The van der Waals surface area contributed by atoms with Gasteiger partial charge in [-0.1, -0.05) is 34.8 Å². The van der Waals surface area contributed by atoms with E-state index >= 15 is 0 Å². The zero-order valence-electron chi connectivity index (χ0n) is 5.94. The molecule has 62 valence electrons. The first-order valence-corrected chi connectivity index (χ1v) is 4.25. The van der Waals surface area contributed by atoms with Crippen molar-refractivity contribution < 1.29 is 0 Å². The molecule has 0 fully saturated rings. The number of halogens is 3. The first-order chi connectivity index (χ1) is 5.65. The molecule has 1 nitrogen and oxygen atoms in total. The Morgan fingerprint density at radius 1 is 1.17 bits per heavy atom. The molecular weight excluding hydrogens is 216 g/mol. The van der Waals surface area contributed by atoms with E-state index in [1.807, 2.05) is 0 Å². The van der Waals surface area contributed by atoms with Crippen molar-refractivity contribution in [1.29, 1.82) is 0 Å². The average Bonchev–Trinajstić information content (AvgIpc) is 1.96. The van der Waals surface area contributed by atoms with Gasteiger partial charge in [0.25, 0.3) is 0 Å². The number of nitrogens with zero attached hydrogens (tertiary/aromatic N) is 1. The van der Waals surface area contributed by atoms with Gasteiger partial charge in [0.2, 0.25) is 6.54 Å². The van der Waals surface area contributed by atoms with Crippen molar-refractivity contribution >= 4 is 34.8 Å². The monoisotopic (exact) mass is 219 g/mol. The molecule has 4 heteroatoms. The van der Waals surface area contributed by atoms with E-state index in [2.05, 4.69) is 4.85 Å². The Labute approximate surface area is 85.7 Å². The molecular formula is C8H4Cl3N. The third-order valence-electron chi connectivity index (χ3n) is 1.34. The first kappa shape index (κ1) is 9.67. The third-order valence-corrected chi connectivity index (χ3v) is 2.24. The molecule has 0 unspecified atom stereocenters. The molecule has 0 aromatic heterocycles. The van der Waals surface area contributed by atoms with Crippen molar-refractivity contribution in [2.24, 2.45) is 0 Å². The third kappa shape index (κ3) is 2.04. The van der Waals surface area contributed by atoms with Crippen LogP contribution in [-0.2, 0) is 6.54 Å². The number of benzene rings is 1. The van der Waals surface area contributed by atoms with Gasteiger partial charge >= 0.3 is 0 Å². The molecule has 1 rings (SSSR count). The average molecular weight is 220 g/mol. The van der Waals surface area contributed by atoms with Crippen LogP contribution in [0.1, 0.15) is 5.56 Å². The van der Waals surface area contributed by atoms with E-state index in [1.54, 1.807) is 12.1 Å². The summed E-state index contributed by atoms with van der Waals surface area (Å²) in [6, 6.07) is 3.16. The van der Waals surface area contributed by atoms with Crippen LogP contribution in [0.15, 0.2) is 12.1 Å². The SMILES string of the molecule is [C-]#[N+]Cc1c(Cl)cc(Cl)cc1Cl. The Bertz CT molecular complexity index is 318. The van der Waals surface area contributed by atoms with Crippen molar-refractivity contribution in [3.63, 3.8) is 0 Å². The summed E-state index contributed by atoms with van der Waals surface area (Å²) in [6.45, 7) is 6.85. The maximum absolute atomic E-state index is 6.66. The van der Waals surface area contributed by atoms with Gasteiger partial charge in [-0.3, -0.25) is 0 Å². The molecule has 1 aromatic rings. The smallest absolute Gasteiger partial charge is 0.242 e. The zero-order valence-corrected chi connectivity index (χ0v) is 8.21. The summed E-state index contributed by atoms with van der Waals surface area (Å²) in [5, 5.41) is 1.38. The maximum Gasteiger partial charge on any atom is 0.242 e. The molecule has 12 heavy (non-hydrogen) atoms. The summed E-state index contributed by atoms with van der Waals surface area (Å²) in [5.41, 5.74) is 0.637. The quantitative estimate of drug-likeness (QED) is 0.629. The molecule has 0 N–H and O–H groups in total. The molecule has 0 atom stereocenters. The van der Waals surface area contributed by atoms with E-state index in [1.165, 1.54) is 0 Å². The fourth-order valence-electron chi connectivity index (χ4n) is 0.802. The maximum atomic E-state index is 6.66. The van der Waals surface area contributed by atoms with Crippen LogP contribution >= 0.6 is 34.8 Å². The van der Waals surface area contributed by atoms with Crippen molar-refractivity contribution in [1.82, 2.24) is 0 Å². The highest BCUT2D eigenvalue weighted by atomic mass is 35.5. The Morgan fingerprint density at radius 3 is 2.08 bits per heavy atom. The van der Waals surface area contributed by atoms with Gasteiger partial charge in [0.1, 0.15) is 0 Å². The van der Waals surface area contributed by atoms with Gasteiger partial charge in [0.05, 0.1) is 15.6 Å². The molecule has 0 aliphatic rings. The van der Waals surface area contributed by atoms with Gasteiger partial charge in [-0.2, -0.15) is 0 Å². The lowest BCUT2D eigenvalue weighted by atomic mass is 10.2. The van der Waals surface area contributed by atoms with E-state index in [4.69, 9.17) is 41.4 Å². The number of rotatable bonds is 1. The van der Waals surface area contributed by atoms with Crippen LogP contribution in [-0.4, -0.2) is 0 Å². The minimum absolute atomic E-state index is 0.189. The highest BCUT2D eigenvalue weighted by molar-refractivity contribution is 6.39. The fraction of sp³-hybridized carbons (Fsp3) is 0.125. The van der Waals surface area contributed by atoms with Crippen molar-refractivity contribution in [3.05, 3.63) is 44.2 Å². The normalized spacial score (nSPS) is 9.50. The standard InChI is InChI=1S/C8H4Cl3N/c1-12-4-6-7(10)2-5(9)3-8(6)11/h2-3H,4H2. The van der Waals surface area contributed by atoms with Crippen molar-refractivity contribution in [3.8, 4) is 0 Å². The van der Waals surface area contributed by atoms with E-state index < -0.39 is 0 Å². The van der Waals surface area contributed by atoms with Crippen LogP contribution in [0.25, 0.3) is 4.85 Å². The van der Waals surface area contributed by atoms with Crippen LogP contribution in [0.2, 0.25) is 15.1 Å². The molecule has 0 aliphatic heterocycles. The van der Waals surface area contributed by atoms with Gasteiger partial charge in [-0.15, -0.1) is 0 Å². The highest BCUT2D eigenvalue weighted by Crippen LogP contribution is 2.29. The summed E-state index contributed by atoms with van der Waals surface area (Å²) in [7, 11) is 0. The highest BCUT2D eigenvalue weighted by Gasteiger charge is 2.09. The molecule has 0 bridgehead atoms. The van der Waals surface area contributed by atoms with Gasteiger partial charge in [0.15, 0.2) is 0 Å². The topological polar surface area (TPSA) is 4.36 Å². The molecule has 0 radical (unpaired) electrons. The summed E-state index contributed by atoms with van der Waals surface area (Å²) >= 11 is 17.3. The summed E-state index contributed by atoms with van der Waals surface area (Å²) in [4.78, 5) is 3.20. The van der Waals surface area contributed by atoms with Crippen LogP contribution < -0.4 is 0 Å². The van der Waals surface area contributed by atoms with Crippen LogP contribution in [0, 0.1) is 6.57 Å². The second kappa shape index (κ2) is 4.00. The van der Waals surface area contributed by atoms with Crippen molar-refractivity contribution in [2.45, 2.75) is 6.54 Å². The minimum atomic E-state index is 0.189. The Morgan fingerprint density at radius 2 is 1.67 bits per heavy atom. The number of hydrogen-bond donors (Lipinski definition) is 0. The second-order valence-electron chi connectivity index (χ2n) is 2.16. The Hall–Kier alpha value is -0.420. The molecule has 0 aliphatic carbocycles. The van der Waals surface area contributed by atoms with Gasteiger partial charge < -0.3 is 4.85 Å². The van der Waals surface area contributed by atoms with Gasteiger partial charge in [0, 0.05) is 5.02 Å². The van der Waals surface area contributed by atoms with Crippen LogP contribution in [0.3, 0.4) is 0 Å². The molecule has 1 aromatic carbocycles. The van der Waals surface area contributed by atoms with Crippen LogP contribution in [0.4, 0.5) is 0 Å². The molecule has 0 amide bonds. The van der Waals surface area contributed by atoms with E-state index in [0.29, 0.717) is 20.6 Å². The Balaban J connectivity index is 3.21. The Kier molecular flexibility index (Phi) is 3.22. The molecule has 0 spiro atoms. The summed E-state index contributed by atoms with van der Waals surface area (Å²) in [5.74, 6) is 0. The van der Waals surface area contributed by atoms with E-state index in [0.717, 1.165) is 0 Å². The predicted molar refractivity (Wildman–Crippen MR) is 51.8 cm³/mol. The predicted octanol–water partition coefficient (Wildman–Crippen LogP) is 4.07. The largest absolute Gasteiger partial charge is 0.312 e. The lowest BCUT2D eigenvalue weighted by molar-refractivity contribution is 1.27. The number of hydrogen-bond acceptors (Lipinski definition) is 0. The van der Waals surface area contributed by atoms with Crippen molar-refractivity contribution in [2.75, 3.05) is 0 Å². The molecule has 0 saturated heterocycles. The van der Waals surface area contributed by atoms with Crippen LogP contribution in [0.5, 0.6) is 0 Å². The lowest BCUT2D eigenvalue weighted by Crippen LogP contribution is -1.83. The summed E-state index contributed by atoms with van der Waals surface area (Å²) < 4.78 is 0. The summed E-state index contributed by atoms with van der Waals surface area (Å²) in [6.07, 6.45) is 0. The van der Waals surface area contributed by atoms with Gasteiger partial charge in [-0.05, 0) is 12.1 Å². The fourth-order valence-corrected chi connectivity index (χ4v) is 1.74.